The number of hydrogen-bond donors (Lipinski definition) is 2. The second-order valence-corrected chi connectivity index (χ2v) is 3.94. The molecular formula is C12H10N2O5. The van der Waals surface area contributed by atoms with Crippen molar-refractivity contribution in [2.75, 3.05) is 0 Å². The van der Waals surface area contributed by atoms with Crippen molar-refractivity contribution in [3.8, 4) is 5.75 Å². The van der Waals surface area contributed by atoms with Crippen LogP contribution >= 0.6 is 0 Å². The van der Waals surface area contributed by atoms with Crippen LogP contribution in [0.5, 0.6) is 5.75 Å². The number of nitro groups is 1. The molecule has 0 spiro atoms. The number of aromatic carboxylic acids is 1. The third-order valence-corrected chi connectivity index (χ3v) is 2.58. The third kappa shape index (κ3) is 2.71. The van der Waals surface area contributed by atoms with E-state index in [1.54, 1.807) is 12.1 Å². The molecule has 98 valence electrons. The summed E-state index contributed by atoms with van der Waals surface area (Å²) in [4.78, 5) is 21.0. The summed E-state index contributed by atoms with van der Waals surface area (Å²) in [5, 5.41) is 29.0. The molecule has 1 aromatic heterocycles. The van der Waals surface area contributed by atoms with Crippen molar-refractivity contribution < 1.29 is 19.9 Å². The van der Waals surface area contributed by atoms with Gasteiger partial charge in [-0.05, 0) is 17.7 Å². The van der Waals surface area contributed by atoms with Gasteiger partial charge in [0.25, 0.3) is 5.69 Å². The number of aromatic nitrogens is 1. The molecular weight excluding hydrogens is 252 g/mol. The van der Waals surface area contributed by atoms with Gasteiger partial charge in [-0.2, -0.15) is 0 Å². The highest BCUT2D eigenvalue weighted by Crippen LogP contribution is 2.19. The Morgan fingerprint density at radius 1 is 1.37 bits per heavy atom. The summed E-state index contributed by atoms with van der Waals surface area (Å²) in [5.74, 6) is -1.19. The second-order valence-electron chi connectivity index (χ2n) is 3.94. The van der Waals surface area contributed by atoms with Gasteiger partial charge >= 0.3 is 5.97 Å². The van der Waals surface area contributed by atoms with Crippen molar-refractivity contribution in [1.29, 1.82) is 0 Å². The maximum atomic E-state index is 11.0. The molecule has 0 fully saturated rings. The van der Waals surface area contributed by atoms with E-state index in [1.807, 2.05) is 0 Å². The van der Waals surface area contributed by atoms with Crippen molar-refractivity contribution in [3.05, 3.63) is 57.9 Å². The van der Waals surface area contributed by atoms with Gasteiger partial charge in [0.2, 0.25) is 0 Å². The Labute approximate surface area is 107 Å². The van der Waals surface area contributed by atoms with Crippen LogP contribution in [-0.2, 0) is 6.54 Å². The van der Waals surface area contributed by atoms with Gasteiger partial charge in [-0.25, -0.2) is 4.79 Å². The molecule has 1 aromatic carbocycles. The zero-order valence-electron chi connectivity index (χ0n) is 9.68. The van der Waals surface area contributed by atoms with Crippen molar-refractivity contribution in [1.82, 2.24) is 4.57 Å². The predicted octanol–water partition coefficient (Wildman–Crippen LogP) is 1.85. The largest absolute Gasteiger partial charge is 0.508 e. The second kappa shape index (κ2) is 4.81. The number of rotatable bonds is 4. The lowest BCUT2D eigenvalue weighted by atomic mass is 10.2. The molecule has 2 aromatic rings. The fraction of sp³-hybridized carbons (Fsp3) is 0.0833. The number of benzene rings is 1. The molecule has 0 aliphatic rings. The highest BCUT2D eigenvalue weighted by atomic mass is 16.6. The van der Waals surface area contributed by atoms with Gasteiger partial charge in [-0.3, -0.25) is 10.1 Å². The van der Waals surface area contributed by atoms with Crippen LogP contribution in [-0.4, -0.2) is 25.7 Å². The quantitative estimate of drug-likeness (QED) is 0.646. The van der Waals surface area contributed by atoms with E-state index in [2.05, 4.69) is 0 Å². The number of aromatic hydroxyl groups is 1. The lowest BCUT2D eigenvalue weighted by Crippen LogP contribution is -2.08. The molecule has 0 unspecified atom stereocenters. The standard InChI is InChI=1S/C12H10N2O5/c15-10-3-1-2-8(4-10)6-13-7-9(14(18)19)5-11(13)12(16)17/h1-5,7,15H,6H2,(H,16,17). The van der Waals surface area contributed by atoms with E-state index in [1.165, 1.54) is 16.7 Å². The van der Waals surface area contributed by atoms with Gasteiger partial charge < -0.3 is 14.8 Å². The monoisotopic (exact) mass is 262 g/mol. The number of nitrogens with zero attached hydrogens (tertiary/aromatic N) is 2. The van der Waals surface area contributed by atoms with E-state index in [0.717, 1.165) is 12.3 Å². The van der Waals surface area contributed by atoms with Gasteiger partial charge in [-0.1, -0.05) is 12.1 Å². The van der Waals surface area contributed by atoms with Crippen LogP contribution in [0.4, 0.5) is 5.69 Å². The number of carboxylic acids is 1. The zero-order valence-corrected chi connectivity index (χ0v) is 9.68. The molecule has 0 saturated heterocycles. The fourth-order valence-corrected chi connectivity index (χ4v) is 1.76. The van der Waals surface area contributed by atoms with E-state index in [0.29, 0.717) is 5.56 Å². The summed E-state index contributed by atoms with van der Waals surface area (Å²) in [6, 6.07) is 7.27. The molecule has 0 bridgehead atoms. The van der Waals surface area contributed by atoms with Gasteiger partial charge in [0.05, 0.1) is 11.1 Å². The van der Waals surface area contributed by atoms with Crippen molar-refractivity contribution >= 4 is 11.7 Å². The smallest absolute Gasteiger partial charge is 0.352 e. The molecule has 7 nitrogen and oxygen atoms in total. The molecule has 0 saturated carbocycles. The molecule has 2 N–H and O–H groups in total. The van der Waals surface area contributed by atoms with Crippen LogP contribution in [0, 0.1) is 10.1 Å². The minimum absolute atomic E-state index is 0.0519. The summed E-state index contributed by atoms with van der Waals surface area (Å²) in [5.41, 5.74) is 0.195. The van der Waals surface area contributed by atoms with Crippen LogP contribution < -0.4 is 0 Å². The molecule has 7 heteroatoms. The highest BCUT2D eigenvalue weighted by molar-refractivity contribution is 5.87. The Kier molecular flexibility index (Phi) is 3.19. The number of carboxylic acid groups (broad SMARTS) is 1. The lowest BCUT2D eigenvalue weighted by molar-refractivity contribution is -0.384. The van der Waals surface area contributed by atoms with Crippen molar-refractivity contribution in [2.24, 2.45) is 0 Å². The number of phenols is 1. The maximum absolute atomic E-state index is 11.0. The van der Waals surface area contributed by atoms with E-state index >= 15 is 0 Å². The lowest BCUT2D eigenvalue weighted by Gasteiger charge is -2.05. The van der Waals surface area contributed by atoms with E-state index in [4.69, 9.17) is 5.11 Å². The zero-order chi connectivity index (χ0) is 14.0. The summed E-state index contributed by atoms with van der Waals surface area (Å²) in [6.45, 7) is 0.129. The third-order valence-electron chi connectivity index (χ3n) is 2.58. The molecule has 0 aliphatic carbocycles. The van der Waals surface area contributed by atoms with Crippen LogP contribution in [0.3, 0.4) is 0 Å². The summed E-state index contributed by atoms with van der Waals surface area (Å²) >= 11 is 0. The Bertz CT molecular complexity index is 647. The Morgan fingerprint density at radius 3 is 2.68 bits per heavy atom. The van der Waals surface area contributed by atoms with Crippen LogP contribution in [0.25, 0.3) is 0 Å². The van der Waals surface area contributed by atoms with Crippen LogP contribution in [0.2, 0.25) is 0 Å². The first-order valence-electron chi connectivity index (χ1n) is 5.33. The van der Waals surface area contributed by atoms with Gasteiger partial charge in [-0.15, -0.1) is 0 Å². The SMILES string of the molecule is O=C(O)c1cc([N+](=O)[O-])cn1Cc1cccc(O)c1. The normalized spacial score (nSPS) is 10.3. The molecule has 1 heterocycles. The average Bonchev–Trinajstić information content (AvgIpc) is 2.73. The minimum atomic E-state index is -1.24. The minimum Gasteiger partial charge on any atom is -0.508 e. The maximum Gasteiger partial charge on any atom is 0.352 e. The summed E-state index contributed by atoms with van der Waals surface area (Å²) in [7, 11) is 0. The van der Waals surface area contributed by atoms with E-state index in [9.17, 15) is 20.0 Å². The van der Waals surface area contributed by atoms with Crippen LogP contribution in [0.1, 0.15) is 16.1 Å². The number of hydrogen-bond acceptors (Lipinski definition) is 4. The molecule has 0 atom stereocenters. The molecule has 2 rings (SSSR count). The number of carbonyl (C=O) groups is 1. The molecule has 19 heavy (non-hydrogen) atoms. The average molecular weight is 262 g/mol. The summed E-state index contributed by atoms with van der Waals surface area (Å²) in [6.07, 6.45) is 1.16. The fourth-order valence-electron chi connectivity index (χ4n) is 1.76. The Balaban J connectivity index is 2.38. The van der Waals surface area contributed by atoms with Crippen LogP contribution in [0.15, 0.2) is 36.5 Å². The first-order chi connectivity index (χ1) is 8.97. The topological polar surface area (TPSA) is 106 Å². The first-order valence-corrected chi connectivity index (χ1v) is 5.33. The molecule has 0 aliphatic heterocycles. The van der Waals surface area contributed by atoms with E-state index < -0.39 is 10.9 Å². The highest BCUT2D eigenvalue weighted by Gasteiger charge is 2.18. The van der Waals surface area contributed by atoms with Crippen molar-refractivity contribution in [3.63, 3.8) is 0 Å². The Hall–Kier alpha value is -2.83. The summed E-state index contributed by atoms with van der Waals surface area (Å²) < 4.78 is 1.26. The predicted molar refractivity (Wildman–Crippen MR) is 65.3 cm³/mol. The molecule has 0 radical (unpaired) electrons. The van der Waals surface area contributed by atoms with Gasteiger partial charge in [0.1, 0.15) is 11.4 Å². The van der Waals surface area contributed by atoms with Crippen molar-refractivity contribution in [2.45, 2.75) is 6.54 Å². The Morgan fingerprint density at radius 2 is 2.11 bits per heavy atom. The first kappa shape index (κ1) is 12.6. The van der Waals surface area contributed by atoms with E-state index in [-0.39, 0.29) is 23.7 Å². The molecule has 0 amide bonds. The van der Waals surface area contributed by atoms with Gasteiger partial charge in [0.15, 0.2) is 0 Å². The van der Waals surface area contributed by atoms with Gasteiger partial charge in [0, 0.05) is 12.6 Å². The number of phenolic OH excluding ortho intramolecular Hbond substituents is 1.